The molecule has 1 fully saturated rings. The first-order valence-electron chi connectivity index (χ1n) is 5.73. The van der Waals surface area contributed by atoms with E-state index in [1.165, 1.54) is 5.69 Å². The molecule has 0 aliphatic carbocycles. The van der Waals surface area contributed by atoms with Crippen molar-refractivity contribution in [1.82, 2.24) is 0 Å². The average molecular weight is 284 g/mol. The van der Waals surface area contributed by atoms with Crippen LogP contribution in [0.25, 0.3) is 0 Å². The van der Waals surface area contributed by atoms with E-state index >= 15 is 0 Å². The second-order valence-electron chi connectivity index (χ2n) is 4.94. The molecule has 1 unspecified atom stereocenters. The van der Waals surface area contributed by atoms with E-state index in [1.54, 1.807) is 0 Å². The molecule has 1 aromatic rings. The van der Waals surface area contributed by atoms with Gasteiger partial charge in [-0.3, -0.25) is 0 Å². The van der Waals surface area contributed by atoms with Crippen molar-refractivity contribution in [3.05, 3.63) is 28.7 Å². The van der Waals surface area contributed by atoms with Crippen LogP contribution in [-0.2, 0) is 0 Å². The highest BCUT2D eigenvalue weighted by molar-refractivity contribution is 9.10. The molecule has 1 aliphatic rings. The van der Waals surface area contributed by atoms with E-state index in [0.29, 0.717) is 0 Å². The summed E-state index contributed by atoms with van der Waals surface area (Å²) < 4.78 is 1.09. The van der Waals surface area contributed by atoms with E-state index in [2.05, 4.69) is 46.8 Å². The van der Waals surface area contributed by atoms with Gasteiger partial charge in [0.15, 0.2) is 0 Å². The zero-order chi connectivity index (χ0) is 11.8. The molecule has 16 heavy (non-hydrogen) atoms. The number of rotatable bonds is 1. The van der Waals surface area contributed by atoms with E-state index in [0.717, 1.165) is 23.9 Å². The van der Waals surface area contributed by atoms with Gasteiger partial charge in [-0.05, 0) is 51.0 Å². The third kappa shape index (κ3) is 2.11. The number of aliphatic hydroxyl groups excluding tert-OH is 1. The molecule has 2 nitrogen and oxygen atoms in total. The topological polar surface area (TPSA) is 23.5 Å². The van der Waals surface area contributed by atoms with Crippen LogP contribution >= 0.6 is 15.9 Å². The minimum absolute atomic E-state index is 0.175. The molecule has 1 aromatic carbocycles. The average Bonchev–Trinajstić information content (AvgIpc) is 2.24. The fourth-order valence-electron chi connectivity index (χ4n) is 2.35. The van der Waals surface area contributed by atoms with Crippen molar-refractivity contribution in [2.75, 3.05) is 11.4 Å². The van der Waals surface area contributed by atoms with Gasteiger partial charge in [-0.25, -0.2) is 0 Å². The standard InChI is InChI=1S/C13H18BrNO/c1-13(2)12(16)4-3-9-15(13)11-7-5-10(14)6-8-11/h5-8,12,16H,3-4,9H2,1-2H3. The van der Waals surface area contributed by atoms with Crippen molar-refractivity contribution in [1.29, 1.82) is 0 Å². The summed E-state index contributed by atoms with van der Waals surface area (Å²) in [5, 5.41) is 10.1. The van der Waals surface area contributed by atoms with Gasteiger partial charge in [0.1, 0.15) is 0 Å². The fourth-order valence-corrected chi connectivity index (χ4v) is 2.61. The number of nitrogens with zero attached hydrogens (tertiary/aromatic N) is 1. The predicted molar refractivity (Wildman–Crippen MR) is 70.8 cm³/mol. The molecule has 0 amide bonds. The first-order valence-corrected chi connectivity index (χ1v) is 6.52. The third-order valence-electron chi connectivity index (χ3n) is 3.51. The Morgan fingerprint density at radius 2 is 1.94 bits per heavy atom. The van der Waals surface area contributed by atoms with Crippen molar-refractivity contribution in [2.45, 2.75) is 38.3 Å². The van der Waals surface area contributed by atoms with E-state index < -0.39 is 0 Å². The Hall–Kier alpha value is -0.540. The SMILES string of the molecule is CC1(C)C(O)CCCN1c1ccc(Br)cc1. The molecule has 0 radical (unpaired) electrons. The van der Waals surface area contributed by atoms with Crippen LogP contribution in [0.1, 0.15) is 26.7 Å². The molecule has 3 heteroatoms. The van der Waals surface area contributed by atoms with Crippen molar-refractivity contribution in [2.24, 2.45) is 0 Å². The molecule has 1 N–H and O–H groups in total. The molecule has 1 atom stereocenters. The largest absolute Gasteiger partial charge is 0.391 e. The van der Waals surface area contributed by atoms with E-state index in [1.807, 2.05) is 12.1 Å². The molecule has 1 heterocycles. The first kappa shape index (κ1) is 11.9. The lowest BCUT2D eigenvalue weighted by Gasteiger charge is -2.47. The number of benzene rings is 1. The molecular formula is C13H18BrNO. The minimum atomic E-state index is -0.245. The quantitative estimate of drug-likeness (QED) is 0.856. The Kier molecular flexibility index (Phi) is 3.27. The van der Waals surface area contributed by atoms with Crippen LogP contribution in [0.4, 0.5) is 5.69 Å². The molecule has 0 bridgehead atoms. The number of halogens is 1. The zero-order valence-electron chi connectivity index (χ0n) is 9.78. The van der Waals surface area contributed by atoms with Crippen molar-refractivity contribution < 1.29 is 5.11 Å². The van der Waals surface area contributed by atoms with E-state index in [-0.39, 0.29) is 11.6 Å². The Labute approximate surface area is 105 Å². The highest BCUT2D eigenvalue weighted by Crippen LogP contribution is 2.33. The second kappa shape index (κ2) is 4.38. The lowest BCUT2D eigenvalue weighted by molar-refractivity contribution is 0.0711. The summed E-state index contributed by atoms with van der Waals surface area (Å²) in [6, 6.07) is 8.30. The number of aliphatic hydroxyl groups is 1. The summed E-state index contributed by atoms with van der Waals surface area (Å²) >= 11 is 3.44. The summed E-state index contributed by atoms with van der Waals surface area (Å²) in [7, 11) is 0. The summed E-state index contributed by atoms with van der Waals surface area (Å²) in [6.07, 6.45) is 1.71. The van der Waals surface area contributed by atoms with Crippen LogP contribution in [-0.4, -0.2) is 23.3 Å². The van der Waals surface area contributed by atoms with Crippen LogP contribution in [0.15, 0.2) is 28.7 Å². The van der Waals surface area contributed by atoms with E-state index in [9.17, 15) is 5.11 Å². The smallest absolute Gasteiger partial charge is 0.0767 e. The van der Waals surface area contributed by atoms with Gasteiger partial charge in [-0.1, -0.05) is 15.9 Å². The van der Waals surface area contributed by atoms with Crippen molar-refractivity contribution >= 4 is 21.6 Å². The molecular weight excluding hydrogens is 266 g/mol. The van der Waals surface area contributed by atoms with Gasteiger partial charge in [0.25, 0.3) is 0 Å². The predicted octanol–water partition coefficient (Wildman–Crippen LogP) is 3.19. The lowest BCUT2D eigenvalue weighted by Crippen LogP contribution is -2.56. The van der Waals surface area contributed by atoms with Crippen LogP contribution in [0.2, 0.25) is 0 Å². The van der Waals surface area contributed by atoms with Gasteiger partial charge in [0.2, 0.25) is 0 Å². The maximum Gasteiger partial charge on any atom is 0.0767 e. The highest BCUT2D eigenvalue weighted by Gasteiger charge is 2.37. The Bertz CT molecular complexity index is 361. The van der Waals surface area contributed by atoms with Gasteiger partial charge < -0.3 is 10.0 Å². The molecule has 2 rings (SSSR count). The van der Waals surface area contributed by atoms with Crippen molar-refractivity contribution in [3.8, 4) is 0 Å². The maximum atomic E-state index is 10.1. The first-order chi connectivity index (χ1) is 7.51. The molecule has 1 aliphatic heterocycles. The normalized spacial score (nSPS) is 24.5. The van der Waals surface area contributed by atoms with Gasteiger partial charge in [-0.2, -0.15) is 0 Å². The Balaban J connectivity index is 2.28. The lowest BCUT2D eigenvalue weighted by atomic mass is 9.87. The summed E-state index contributed by atoms with van der Waals surface area (Å²) in [5.74, 6) is 0. The zero-order valence-corrected chi connectivity index (χ0v) is 11.4. The summed E-state index contributed by atoms with van der Waals surface area (Å²) in [6.45, 7) is 5.24. The number of piperidine rings is 1. The Morgan fingerprint density at radius 1 is 1.31 bits per heavy atom. The van der Waals surface area contributed by atoms with Gasteiger partial charge in [-0.15, -0.1) is 0 Å². The third-order valence-corrected chi connectivity index (χ3v) is 4.04. The fraction of sp³-hybridized carbons (Fsp3) is 0.538. The van der Waals surface area contributed by atoms with Gasteiger partial charge >= 0.3 is 0 Å². The maximum absolute atomic E-state index is 10.1. The van der Waals surface area contributed by atoms with Crippen molar-refractivity contribution in [3.63, 3.8) is 0 Å². The molecule has 88 valence electrons. The monoisotopic (exact) mass is 283 g/mol. The van der Waals surface area contributed by atoms with Crippen LogP contribution < -0.4 is 4.90 Å². The Morgan fingerprint density at radius 3 is 2.56 bits per heavy atom. The minimum Gasteiger partial charge on any atom is -0.391 e. The number of anilines is 1. The van der Waals surface area contributed by atoms with Gasteiger partial charge in [0, 0.05) is 16.7 Å². The molecule has 0 spiro atoms. The van der Waals surface area contributed by atoms with Crippen LogP contribution in [0.3, 0.4) is 0 Å². The number of hydrogen-bond acceptors (Lipinski definition) is 2. The van der Waals surface area contributed by atoms with Crippen LogP contribution in [0, 0.1) is 0 Å². The molecule has 0 aromatic heterocycles. The molecule has 1 saturated heterocycles. The number of hydrogen-bond donors (Lipinski definition) is 1. The van der Waals surface area contributed by atoms with Gasteiger partial charge in [0.05, 0.1) is 11.6 Å². The molecule has 0 saturated carbocycles. The van der Waals surface area contributed by atoms with Crippen LogP contribution in [0.5, 0.6) is 0 Å². The van der Waals surface area contributed by atoms with E-state index in [4.69, 9.17) is 0 Å². The second-order valence-corrected chi connectivity index (χ2v) is 5.86. The summed E-state index contributed by atoms with van der Waals surface area (Å²) in [5.41, 5.74) is 1.01. The highest BCUT2D eigenvalue weighted by atomic mass is 79.9. The summed E-state index contributed by atoms with van der Waals surface area (Å²) in [4.78, 5) is 2.30.